The van der Waals surface area contributed by atoms with Crippen LogP contribution in [0.4, 0.5) is 0 Å². The molecular formula is C72H97N5O16S5. The molecule has 0 bridgehead atoms. The van der Waals surface area contributed by atoms with Gasteiger partial charge in [0, 0.05) is 63.2 Å². The molecule has 2 aliphatic carbocycles. The summed E-state index contributed by atoms with van der Waals surface area (Å²) in [5, 5.41) is 0. The van der Waals surface area contributed by atoms with Crippen molar-refractivity contribution in [2.24, 2.45) is 0 Å². The minimum Gasteiger partial charge on any atom is -0.469 e. The Hall–Kier alpha value is -6.69. The molecule has 0 spiro atoms. The first-order chi connectivity index (χ1) is 46.3. The van der Waals surface area contributed by atoms with Gasteiger partial charge in [0.25, 0.3) is 50.6 Å². The Kier molecular flexibility index (Phi) is 38.8. The Morgan fingerprint density at radius 1 is 0.449 bits per heavy atom. The summed E-state index contributed by atoms with van der Waals surface area (Å²) >= 11 is 0. The van der Waals surface area contributed by atoms with Crippen LogP contribution >= 0.6 is 0 Å². The Morgan fingerprint density at radius 3 is 1.24 bits per heavy atom. The largest absolute Gasteiger partial charge is 0.469 e. The van der Waals surface area contributed by atoms with Crippen molar-refractivity contribution in [3.8, 4) is 61.7 Å². The summed E-state index contributed by atoms with van der Waals surface area (Å²) in [5.41, 5.74) is 7.53. The number of likely N-dealkylation sites (N-methyl/N-ethyl adjacent to an activating group) is 1. The van der Waals surface area contributed by atoms with Gasteiger partial charge < -0.3 is 4.42 Å². The molecule has 0 fully saturated rings. The van der Waals surface area contributed by atoms with Crippen LogP contribution in [0.15, 0.2) is 132 Å². The molecule has 0 saturated carbocycles. The highest BCUT2D eigenvalue weighted by Crippen LogP contribution is 2.36. The van der Waals surface area contributed by atoms with E-state index >= 15 is 0 Å². The predicted octanol–water partition coefficient (Wildman–Crippen LogP) is 7.31. The van der Waals surface area contributed by atoms with Crippen LogP contribution < -0.4 is 0 Å². The maximum atomic E-state index is 11.2. The maximum Gasteiger partial charge on any atom is 0.265 e. The number of hydrogen-bond donors (Lipinski definition) is 0. The molecule has 7 rings (SSSR count). The summed E-state index contributed by atoms with van der Waals surface area (Å²) in [7, 11) is -15.4. The topological polar surface area (TPSA) is 246 Å². The molecule has 1 heterocycles. The van der Waals surface area contributed by atoms with Crippen molar-refractivity contribution in [2.45, 2.75) is 95.6 Å². The summed E-state index contributed by atoms with van der Waals surface area (Å²) in [6.07, 6.45) is 40.4. The average molecular weight is 1450 g/mol. The Balaban J connectivity index is 0.000000319. The van der Waals surface area contributed by atoms with E-state index in [9.17, 15) is 42.1 Å². The molecule has 98 heavy (non-hydrogen) atoms. The third kappa shape index (κ3) is 36.9. The Labute approximate surface area is 586 Å². The lowest BCUT2D eigenvalue weighted by Gasteiger charge is -2.34. The number of furan rings is 1. The first kappa shape index (κ1) is 85.5. The van der Waals surface area contributed by atoms with Crippen molar-refractivity contribution in [1.82, 2.24) is 24.5 Å². The van der Waals surface area contributed by atoms with Gasteiger partial charge in [-0.25, -0.2) is 0 Å². The van der Waals surface area contributed by atoms with Crippen LogP contribution in [-0.4, -0.2) is 209 Å². The fourth-order valence-electron chi connectivity index (χ4n) is 10.8. The van der Waals surface area contributed by atoms with Crippen LogP contribution in [0.25, 0.3) is 0 Å². The van der Waals surface area contributed by atoms with Crippen LogP contribution in [0.1, 0.15) is 84.3 Å². The quantitative estimate of drug-likeness (QED) is 0.0222. The monoisotopic (exact) mass is 1450 g/mol. The predicted molar refractivity (Wildman–Crippen MR) is 387 cm³/mol. The summed E-state index contributed by atoms with van der Waals surface area (Å²) in [6, 6.07) is 41.0. The number of terminal acetylenes is 5. The zero-order valence-corrected chi connectivity index (χ0v) is 61.6. The van der Waals surface area contributed by atoms with Crippen molar-refractivity contribution in [1.29, 1.82) is 0 Å². The molecule has 536 valence electrons. The van der Waals surface area contributed by atoms with Gasteiger partial charge in [0.15, 0.2) is 0 Å². The van der Waals surface area contributed by atoms with Gasteiger partial charge >= 0.3 is 0 Å². The second-order valence-corrected chi connectivity index (χ2v) is 31.6. The molecule has 0 saturated heterocycles. The van der Waals surface area contributed by atoms with Crippen LogP contribution in [0.2, 0.25) is 0 Å². The van der Waals surface area contributed by atoms with Crippen molar-refractivity contribution in [3.63, 3.8) is 0 Å². The first-order valence-corrected chi connectivity index (χ1v) is 40.7. The second-order valence-electron chi connectivity index (χ2n) is 23.4. The van der Waals surface area contributed by atoms with E-state index in [-0.39, 0.29) is 50.6 Å². The lowest BCUT2D eigenvalue weighted by molar-refractivity contribution is 0.0625. The molecule has 2 aliphatic rings. The van der Waals surface area contributed by atoms with E-state index in [2.05, 4.69) is 88.8 Å². The van der Waals surface area contributed by atoms with Crippen molar-refractivity contribution >= 4 is 50.6 Å². The van der Waals surface area contributed by atoms with Crippen LogP contribution in [0.3, 0.4) is 0 Å². The van der Waals surface area contributed by atoms with Crippen LogP contribution in [-0.2, 0) is 104 Å². The molecule has 1 aromatic heterocycles. The third-order valence-electron chi connectivity index (χ3n) is 15.3. The lowest BCUT2D eigenvalue weighted by atomic mass is 9.87. The zero-order chi connectivity index (χ0) is 72.8. The normalized spacial score (nSPS) is 15.3. The smallest absolute Gasteiger partial charge is 0.265 e. The number of benzene rings is 4. The highest BCUT2D eigenvalue weighted by atomic mass is 32.2. The highest BCUT2D eigenvalue weighted by Gasteiger charge is 2.29. The van der Waals surface area contributed by atoms with E-state index in [0.29, 0.717) is 71.7 Å². The maximum absolute atomic E-state index is 11.2. The van der Waals surface area contributed by atoms with Crippen molar-refractivity contribution in [3.05, 3.63) is 167 Å². The third-order valence-corrected chi connectivity index (χ3v) is 18.2. The Bertz CT molecular complexity index is 3960. The summed E-state index contributed by atoms with van der Waals surface area (Å²) < 4.78 is 140. The zero-order valence-electron chi connectivity index (χ0n) is 57.6. The fourth-order valence-corrected chi connectivity index (χ4v) is 12.9. The van der Waals surface area contributed by atoms with Crippen LogP contribution in [0.5, 0.6) is 0 Å². The standard InChI is InChI=1S/C16H21NO3S.C15H19NO3S.C15H21NO3S.C13H19NO4S.C13H17NO3S/c1-3-11-17(12-13-20-21(2,18)19)16-10-6-8-14-7-4-5-9-15(14)16;1-3-10-16(11-12-19-20(2,17)18)15-9-8-13-6-4-5-7-14(13)15;1-4-10-16(11-12-19-20(3,17)18)14(2)13-15-8-6-5-7-9-15;1-4-7-14(8-10-18-19(3,15)16)12(2)11-13-6-5-9-17-13;1-4-10-14(2)13(17-18(3,15)16)11-12-8-6-5-7-9-12/h1,4-5,7,9,16H,6,8,10-13H2,2H3;1,4-7,15H,8-12H2,2H3;1,5-9,14H,10-13H2,2-3H3;1,5-6,9,12H,7-8,10-11H2,2-3H3;1,5-9,13H,10-11H2,2-3H3. The van der Waals surface area contributed by atoms with Crippen molar-refractivity contribution < 1.29 is 67.4 Å². The molecule has 5 unspecified atom stereocenters. The van der Waals surface area contributed by atoms with Gasteiger partial charge in [0.2, 0.25) is 0 Å². The molecule has 4 aromatic carbocycles. The van der Waals surface area contributed by atoms with E-state index in [1.807, 2.05) is 95.6 Å². The van der Waals surface area contributed by atoms with Gasteiger partial charge in [0.05, 0.1) is 96.7 Å². The van der Waals surface area contributed by atoms with Crippen LogP contribution in [0, 0.1) is 61.7 Å². The molecule has 0 N–H and O–H groups in total. The molecular weight excluding hydrogens is 1350 g/mol. The van der Waals surface area contributed by atoms with E-state index in [4.69, 9.17) is 57.4 Å². The molecule has 21 nitrogen and oxygen atoms in total. The summed E-state index contributed by atoms with van der Waals surface area (Å²) in [6.45, 7) is 8.78. The van der Waals surface area contributed by atoms with Gasteiger partial charge in [-0.15, -0.1) is 32.1 Å². The minimum absolute atomic E-state index is 0.100. The SMILES string of the molecule is C#CCN(C)C(Cc1ccccc1)OS(C)(=O)=O.C#CCN(CCOS(C)(=O)=O)C(C)Cc1ccccc1.C#CCN(CCOS(C)(=O)=O)C(C)Cc1ccco1.C#CCN(CCOS(C)(=O)=O)C1CCCc2ccccc21.C#CCN(CCOS(C)(=O)=O)C1CCc2ccccc21. The van der Waals surface area contributed by atoms with Crippen molar-refractivity contribution in [2.75, 3.05) is 124 Å². The summed E-state index contributed by atoms with van der Waals surface area (Å²) in [5.74, 6) is 13.8. The molecule has 0 radical (unpaired) electrons. The van der Waals surface area contributed by atoms with E-state index < -0.39 is 56.8 Å². The molecule has 5 atom stereocenters. The lowest BCUT2D eigenvalue weighted by Crippen LogP contribution is -2.37. The fraction of sp³-hybridized carbons (Fsp3) is 0.472. The molecule has 5 aromatic rings. The van der Waals surface area contributed by atoms with Gasteiger partial charge in [-0.05, 0) is 105 Å². The molecule has 26 heteroatoms. The average Bonchev–Trinajstić information content (AvgIpc) is 1.79. The number of rotatable bonds is 34. The second kappa shape index (κ2) is 44.4. The minimum atomic E-state index is -3.52. The number of hydrogen-bond acceptors (Lipinski definition) is 21. The number of aryl methyl sites for hydroxylation is 2. The van der Waals surface area contributed by atoms with E-state index in [1.165, 1.54) is 27.8 Å². The van der Waals surface area contributed by atoms with Gasteiger partial charge in [0.1, 0.15) is 12.0 Å². The molecule has 0 amide bonds. The number of nitrogens with zero attached hydrogens (tertiary/aromatic N) is 5. The van der Waals surface area contributed by atoms with Gasteiger partial charge in [-0.2, -0.15) is 42.1 Å². The van der Waals surface area contributed by atoms with E-state index in [0.717, 1.165) is 81.1 Å². The number of fused-ring (bicyclic) bond motifs is 2. The van der Waals surface area contributed by atoms with Gasteiger partial charge in [-0.1, -0.05) is 139 Å². The van der Waals surface area contributed by atoms with E-state index in [1.54, 1.807) is 18.2 Å². The summed E-state index contributed by atoms with van der Waals surface area (Å²) in [4.78, 5) is 9.94. The first-order valence-electron chi connectivity index (χ1n) is 31.6. The molecule has 0 aliphatic heterocycles. The van der Waals surface area contributed by atoms with Gasteiger partial charge in [-0.3, -0.25) is 45.4 Å². The Morgan fingerprint density at radius 2 is 0.837 bits per heavy atom. The highest BCUT2D eigenvalue weighted by molar-refractivity contribution is 7.86.